The van der Waals surface area contributed by atoms with Crippen LogP contribution in [0.2, 0.25) is 0 Å². The first-order valence-corrected chi connectivity index (χ1v) is 8.90. The number of carboxylic acids is 1. The summed E-state index contributed by atoms with van der Waals surface area (Å²) < 4.78 is 1.67. The SMILES string of the molecule is CC(C)(C)C(C(=O)O)n1c(C(=O)c2ccccc2)ccc1-c1ccccc1. The second-order valence-corrected chi connectivity index (χ2v) is 7.64. The van der Waals surface area contributed by atoms with Crippen LogP contribution in [0.5, 0.6) is 0 Å². The Balaban J connectivity index is 2.25. The third-order valence-corrected chi connectivity index (χ3v) is 4.57. The van der Waals surface area contributed by atoms with E-state index >= 15 is 0 Å². The summed E-state index contributed by atoms with van der Waals surface area (Å²) >= 11 is 0. The molecule has 1 aromatic heterocycles. The van der Waals surface area contributed by atoms with Gasteiger partial charge in [-0.25, -0.2) is 4.79 Å². The number of ketones is 1. The summed E-state index contributed by atoms with van der Waals surface area (Å²) in [5, 5.41) is 10.00. The molecule has 0 spiro atoms. The highest BCUT2D eigenvalue weighted by Gasteiger charge is 2.36. The summed E-state index contributed by atoms with van der Waals surface area (Å²) in [5.41, 5.74) is 1.93. The highest BCUT2D eigenvalue weighted by atomic mass is 16.4. The highest BCUT2D eigenvalue weighted by molar-refractivity contribution is 6.08. The van der Waals surface area contributed by atoms with E-state index in [2.05, 4.69) is 0 Å². The Hall–Kier alpha value is -3.14. The molecule has 1 unspecified atom stereocenters. The lowest BCUT2D eigenvalue weighted by atomic mass is 9.86. The highest BCUT2D eigenvalue weighted by Crippen LogP contribution is 2.37. The molecule has 0 aliphatic carbocycles. The van der Waals surface area contributed by atoms with Crippen molar-refractivity contribution in [3.63, 3.8) is 0 Å². The van der Waals surface area contributed by atoms with E-state index in [-0.39, 0.29) is 5.78 Å². The van der Waals surface area contributed by atoms with Crippen LogP contribution in [0.3, 0.4) is 0 Å². The minimum absolute atomic E-state index is 0.187. The Kier molecular flexibility index (Phi) is 5.00. The lowest BCUT2D eigenvalue weighted by molar-refractivity contribution is -0.144. The molecule has 3 rings (SSSR count). The van der Waals surface area contributed by atoms with Gasteiger partial charge < -0.3 is 9.67 Å². The zero-order valence-corrected chi connectivity index (χ0v) is 15.7. The molecule has 0 bridgehead atoms. The lowest BCUT2D eigenvalue weighted by Crippen LogP contribution is -2.33. The average Bonchev–Trinajstić information content (AvgIpc) is 3.05. The zero-order valence-electron chi connectivity index (χ0n) is 15.7. The van der Waals surface area contributed by atoms with E-state index in [1.807, 2.05) is 63.2 Å². The number of aromatic nitrogens is 1. The van der Waals surface area contributed by atoms with Gasteiger partial charge >= 0.3 is 5.97 Å². The van der Waals surface area contributed by atoms with Gasteiger partial charge in [0, 0.05) is 11.3 Å². The monoisotopic (exact) mass is 361 g/mol. The molecule has 27 heavy (non-hydrogen) atoms. The van der Waals surface area contributed by atoms with Gasteiger partial charge in [-0.3, -0.25) is 4.79 Å². The van der Waals surface area contributed by atoms with Crippen molar-refractivity contribution in [3.05, 3.63) is 84.1 Å². The Morgan fingerprint density at radius 1 is 0.852 bits per heavy atom. The molecule has 0 aliphatic rings. The first kappa shape index (κ1) is 18.6. The van der Waals surface area contributed by atoms with E-state index in [9.17, 15) is 14.7 Å². The maximum Gasteiger partial charge on any atom is 0.327 e. The van der Waals surface area contributed by atoms with Crippen LogP contribution in [-0.2, 0) is 4.79 Å². The number of benzene rings is 2. The van der Waals surface area contributed by atoms with Gasteiger partial charge in [0.1, 0.15) is 6.04 Å². The first-order valence-electron chi connectivity index (χ1n) is 8.90. The van der Waals surface area contributed by atoms with Crippen LogP contribution in [-0.4, -0.2) is 21.4 Å². The van der Waals surface area contributed by atoms with Crippen molar-refractivity contribution in [2.75, 3.05) is 0 Å². The number of carboxylic acid groups (broad SMARTS) is 1. The van der Waals surface area contributed by atoms with Gasteiger partial charge in [-0.2, -0.15) is 0 Å². The third kappa shape index (κ3) is 3.70. The number of hydrogen-bond donors (Lipinski definition) is 1. The number of carbonyl (C=O) groups excluding carboxylic acids is 1. The van der Waals surface area contributed by atoms with E-state index in [1.165, 1.54) is 0 Å². The molecular formula is C23H23NO3. The van der Waals surface area contributed by atoms with Crippen molar-refractivity contribution in [3.8, 4) is 11.3 Å². The molecule has 0 saturated heterocycles. The Bertz CT molecular complexity index is 950. The van der Waals surface area contributed by atoms with Crippen LogP contribution in [0, 0.1) is 5.41 Å². The Morgan fingerprint density at radius 2 is 1.41 bits per heavy atom. The maximum absolute atomic E-state index is 13.2. The summed E-state index contributed by atoms with van der Waals surface area (Å²) in [5.74, 6) is -1.15. The van der Waals surface area contributed by atoms with Crippen LogP contribution in [0.25, 0.3) is 11.3 Å². The van der Waals surface area contributed by atoms with Crippen LogP contribution in [0.4, 0.5) is 0 Å². The summed E-state index contributed by atoms with van der Waals surface area (Å²) in [4.78, 5) is 25.4. The minimum Gasteiger partial charge on any atom is -0.480 e. The lowest BCUT2D eigenvalue weighted by Gasteiger charge is -2.31. The van der Waals surface area contributed by atoms with Gasteiger partial charge in [-0.05, 0) is 23.1 Å². The fraction of sp³-hybridized carbons (Fsp3) is 0.217. The molecule has 1 atom stereocenters. The standard InChI is InChI=1S/C23H23NO3/c1-23(2,3)21(22(26)27)24-18(16-10-6-4-7-11-16)14-15-19(24)20(25)17-12-8-5-9-13-17/h4-15,21H,1-3H3,(H,26,27). The quantitative estimate of drug-likeness (QED) is 0.646. The van der Waals surface area contributed by atoms with Crippen LogP contribution in [0.1, 0.15) is 42.9 Å². The molecule has 138 valence electrons. The molecule has 0 amide bonds. The second kappa shape index (κ2) is 7.23. The molecule has 4 nitrogen and oxygen atoms in total. The molecule has 2 aromatic carbocycles. The van der Waals surface area contributed by atoms with Crippen molar-refractivity contribution in [1.82, 2.24) is 4.57 Å². The van der Waals surface area contributed by atoms with Crippen LogP contribution < -0.4 is 0 Å². The largest absolute Gasteiger partial charge is 0.480 e. The molecular weight excluding hydrogens is 338 g/mol. The fourth-order valence-electron chi connectivity index (χ4n) is 3.36. The van der Waals surface area contributed by atoms with Gasteiger partial charge in [-0.1, -0.05) is 81.4 Å². The predicted octanol–water partition coefficient (Wildman–Crippen LogP) is 5.06. The predicted molar refractivity (Wildman–Crippen MR) is 106 cm³/mol. The van der Waals surface area contributed by atoms with Crippen LogP contribution >= 0.6 is 0 Å². The van der Waals surface area contributed by atoms with Crippen molar-refractivity contribution >= 4 is 11.8 Å². The zero-order chi connectivity index (χ0) is 19.6. The first-order chi connectivity index (χ1) is 12.8. The Morgan fingerprint density at radius 3 is 1.93 bits per heavy atom. The fourth-order valence-corrected chi connectivity index (χ4v) is 3.36. The maximum atomic E-state index is 13.2. The second-order valence-electron chi connectivity index (χ2n) is 7.64. The summed E-state index contributed by atoms with van der Waals surface area (Å²) in [6.45, 7) is 5.62. The van der Waals surface area contributed by atoms with E-state index in [1.54, 1.807) is 34.9 Å². The summed E-state index contributed by atoms with van der Waals surface area (Å²) in [6.07, 6.45) is 0. The topological polar surface area (TPSA) is 59.3 Å². The number of aliphatic carboxylic acids is 1. The van der Waals surface area contributed by atoms with E-state index < -0.39 is 17.4 Å². The van der Waals surface area contributed by atoms with Gasteiger partial charge in [0.2, 0.25) is 5.78 Å². The third-order valence-electron chi connectivity index (χ3n) is 4.57. The van der Waals surface area contributed by atoms with Crippen molar-refractivity contribution in [2.24, 2.45) is 5.41 Å². The molecule has 3 aromatic rings. The van der Waals surface area contributed by atoms with E-state index in [0.29, 0.717) is 11.3 Å². The smallest absolute Gasteiger partial charge is 0.327 e. The molecule has 0 radical (unpaired) electrons. The Labute approximate surface area is 159 Å². The molecule has 0 aliphatic heterocycles. The summed E-state index contributed by atoms with van der Waals surface area (Å²) in [7, 11) is 0. The molecule has 4 heteroatoms. The van der Waals surface area contributed by atoms with Crippen molar-refractivity contribution in [1.29, 1.82) is 0 Å². The van der Waals surface area contributed by atoms with Crippen molar-refractivity contribution in [2.45, 2.75) is 26.8 Å². The molecule has 1 N–H and O–H groups in total. The molecule has 1 heterocycles. The van der Waals surface area contributed by atoms with Gasteiger partial charge in [0.15, 0.2) is 0 Å². The number of rotatable bonds is 5. The van der Waals surface area contributed by atoms with Crippen molar-refractivity contribution < 1.29 is 14.7 Å². The molecule has 0 saturated carbocycles. The summed E-state index contributed by atoms with van der Waals surface area (Å²) in [6, 6.07) is 21.2. The normalized spacial score (nSPS) is 12.6. The number of hydrogen-bond acceptors (Lipinski definition) is 2. The average molecular weight is 361 g/mol. The van der Waals surface area contributed by atoms with Gasteiger partial charge in [-0.15, -0.1) is 0 Å². The van der Waals surface area contributed by atoms with Crippen LogP contribution in [0.15, 0.2) is 72.8 Å². The number of carbonyl (C=O) groups is 2. The van der Waals surface area contributed by atoms with E-state index in [4.69, 9.17) is 0 Å². The molecule has 0 fully saturated rings. The van der Waals surface area contributed by atoms with Gasteiger partial charge in [0.05, 0.1) is 5.69 Å². The van der Waals surface area contributed by atoms with Gasteiger partial charge in [0.25, 0.3) is 0 Å². The van der Waals surface area contributed by atoms with E-state index in [0.717, 1.165) is 11.3 Å². The minimum atomic E-state index is -0.960. The number of nitrogens with zero attached hydrogens (tertiary/aromatic N) is 1.